The van der Waals surface area contributed by atoms with Gasteiger partial charge in [0.25, 0.3) is 5.91 Å². The van der Waals surface area contributed by atoms with E-state index in [2.05, 4.69) is 10.4 Å². The van der Waals surface area contributed by atoms with Crippen LogP contribution in [0, 0.1) is 6.92 Å². The van der Waals surface area contributed by atoms with E-state index in [-0.39, 0.29) is 5.91 Å². The second-order valence-corrected chi connectivity index (χ2v) is 6.36. The largest absolute Gasteiger partial charge is 0.439 e. The van der Waals surface area contributed by atoms with E-state index >= 15 is 0 Å². The minimum atomic E-state index is -0.153. The molecule has 0 atom stereocenters. The Kier molecular flexibility index (Phi) is 5.58. The first-order valence-corrected chi connectivity index (χ1v) is 8.71. The van der Waals surface area contributed by atoms with Gasteiger partial charge in [0, 0.05) is 29.7 Å². The van der Waals surface area contributed by atoms with Gasteiger partial charge in [0.2, 0.25) is 5.88 Å². The average Bonchev–Trinajstić information content (AvgIpc) is 2.89. The van der Waals surface area contributed by atoms with Gasteiger partial charge >= 0.3 is 0 Å². The zero-order chi connectivity index (χ0) is 18.5. The summed E-state index contributed by atoms with van der Waals surface area (Å²) in [6.07, 6.45) is 0.619. The van der Waals surface area contributed by atoms with E-state index in [4.69, 9.17) is 16.3 Å². The standard InChI is InChI=1S/C20H20ClN3O2/c1-14-18(11-12-22-19(25)15-7-6-8-16(21)13-15)20(24(2)23-14)26-17-9-4-3-5-10-17/h3-10,13H,11-12H2,1-2H3,(H,22,25). The molecule has 1 amide bonds. The van der Waals surface area contributed by atoms with Gasteiger partial charge in [0.1, 0.15) is 5.75 Å². The third-order valence-corrected chi connectivity index (χ3v) is 4.23. The number of amides is 1. The smallest absolute Gasteiger partial charge is 0.251 e. The summed E-state index contributed by atoms with van der Waals surface area (Å²) in [7, 11) is 1.85. The number of para-hydroxylation sites is 1. The van der Waals surface area contributed by atoms with E-state index in [0.29, 0.717) is 29.4 Å². The minimum absolute atomic E-state index is 0.153. The number of ether oxygens (including phenoxy) is 1. The van der Waals surface area contributed by atoms with Gasteiger partial charge in [-0.05, 0) is 43.7 Å². The van der Waals surface area contributed by atoms with Crippen LogP contribution in [-0.4, -0.2) is 22.2 Å². The highest BCUT2D eigenvalue weighted by Crippen LogP contribution is 2.27. The number of hydrogen-bond donors (Lipinski definition) is 1. The summed E-state index contributed by atoms with van der Waals surface area (Å²) in [5.41, 5.74) is 2.40. The maximum absolute atomic E-state index is 12.2. The monoisotopic (exact) mass is 369 g/mol. The van der Waals surface area contributed by atoms with E-state index in [1.54, 1.807) is 28.9 Å². The first-order valence-electron chi connectivity index (χ1n) is 8.33. The zero-order valence-corrected chi connectivity index (χ0v) is 15.5. The number of nitrogens with zero attached hydrogens (tertiary/aromatic N) is 2. The van der Waals surface area contributed by atoms with Gasteiger partial charge in [-0.25, -0.2) is 4.68 Å². The molecule has 0 fully saturated rings. The Morgan fingerprint density at radius 3 is 2.69 bits per heavy atom. The number of aryl methyl sites for hydroxylation is 2. The van der Waals surface area contributed by atoms with Crippen molar-refractivity contribution in [1.82, 2.24) is 15.1 Å². The fourth-order valence-corrected chi connectivity index (χ4v) is 2.92. The second kappa shape index (κ2) is 8.06. The van der Waals surface area contributed by atoms with Gasteiger partial charge in [0.05, 0.1) is 5.69 Å². The lowest BCUT2D eigenvalue weighted by Gasteiger charge is -2.10. The molecule has 0 aliphatic rings. The maximum atomic E-state index is 12.2. The molecule has 0 saturated carbocycles. The van der Waals surface area contributed by atoms with E-state index in [0.717, 1.165) is 17.0 Å². The molecule has 0 spiro atoms. The van der Waals surface area contributed by atoms with Crippen molar-refractivity contribution in [3.63, 3.8) is 0 Å². The Morgan fingerprint density at radius 2 is 1.96 bits per heavy atom. The van der Waals surface area contributed by atoms with Crippen LogP contribution in [-0.2, 0) is 13.5 Å². The van der Waals surface area contributed by atoms with Crippen molar-refractivity contribution in [3.05, 3.63) is 76.4 Å². The van der Waals surface area contributed by atoms with Crippen LogP contribution < -0.4 is 10.1 Å². The van der Waals surface area contributed by atoms with E-state index in [9.17, 15) is 4.79 Å². The summed E-state index contributed by atoms with van der Waals surface area (Å²) in [6.45, 7) is 2.41. The van der Waals surface area contributed by atoms with E-state index in [1.165, 1.54) is 0 Å². The summed E-state index contributed by atoms with van der Waals surface area (Å²) in [4.78, 5) is 12.2. The molecule has 1 N–H and O–H groups in total. The number of halogens is 1. The van der Waals surface area contributed by atoms with Crippen molar-refractivity contribution >= 4 is 17.5 Å². The molecule has 0 saturated heterocycles. The second-order valence-electron chi connectivity index (χ2n) is 5.92. The molecule has 5 nitrogen and oxygen atoms in total. The van der Waals surface area contributed by atoms with Crippen LogP contribution in [0.5, 0.6) is 11.6 Å². The van der Waals surface area contributed by atoms with Gasteiger partial charge in [0.15, 0.2) is 0 Å². The van der Waals surface area contributed by atoms with Crippen molar-refractivity contribution in [3.8, 4) is 11.6 Å². The predicted molar refractivity (Wildman–Crippen MR) is 102 cm³/mol. The molecule has 1 aromatic heterocycles. The van der Waals surface area contributed by atoms with E-state index in [1.807, 2.05) is 44.3 Å². The van der Waals surface area contributed by atoms with Crippen LogP contribution in [0.4, 0.5) is 0 Å². The van der Waals surface area contributed by atoms with Gasteiger partial charge in [-0.2, -0.15) is 5.10 Å². The molecule has 2 aromatic carbocycles. The van der Waals surface area contributed by atoms with E-state index < -0.39 is 0 Å². The molecule has 6 heteroatoms. The Hall–Kier alpha value is -2.79. The Morgan fingerprint density at radius 1 is 1.19 bits per heavy atom. The molecule has 3 aromatic rings. The van der Waals surface area contributed by atoms with Gasteiger partial charge in [-0.1, -0.05) is 35.9 Å². The maximum Gasteiger partial charge on any atom is 0.251 e. The molecule has 134 valence electrons. The minimum Gasteiger partial charge on any atom is -0.439 e. The summed E-state index contributed by atoms with van der Waals surface area (Å²) in [5, 5.41) is 7.89. The molecule has 0 radical (unpaired) electrons. The first-order chi connectivity index (χ1) is 12.5. The zero-order valence-electron chi connectivity index (χ0n) is 14.7. The first kappa shape index (κ1) is 18.0. The highest BCUT2D eigenvalue weighted by atomic mass is 35.5. The molecule has 1 heterocycles. The molecular formula is C20H20ClN3O2. The Balaban J connectivity index is 1.67. The Labute approximate surface area is 157 Å². The fraction of sp³-hybridized carbons (Fsp3) is 0.200. The van der Waals surface area contributed by atoms with Crippen LogP contribution in [0.2, 0.25) is 5.02 Å². The number of benzene rings is 2. The number of rotatable bonds is 6. The van der Waals surface area contributed by atoms with Crippen LogP contribution in [0.15, 0.2) is 54.6 Å². The van der Waals surface area contributed by atoms with Gasteiger partial charge in [-0.3, -0.25) is 4.79 Å². The van der Waals surface area contributed by atoms with Crippen molar-refractivity contribution < 1.29 is 9.53 Å². The van der Waals surface area contributed by atoms with Crippen molar-refractivity contribution in [2.75, 3.05) is 6.54 Å². The Bertz CT molecular complexity index is 907. The van der Waals surface area contributed by atoms with Crippen LogP contribution in [0.1, 0.15) is 21.6 Å². The third kappa shape index (κ3) is 4.24. The van der Waals surface area contributed by atoms with Crippen molar-refractivity contribution in [2.45, 2.75) is 13.3 Å². The molecule has 0 aliphatic carbocycles. The SMILES string of the molecule is Cc1nn(C)c(Oc2ccccc2)c1CCNC(=O)c1cccc(Cl)c1. The number of carbonyl (C=O) groups excluding carboxylic acids is 1. The normalized spacial score (nSPS) is 10.6. The molecule has 3 rings (SSSR count). The summed E-state index contributed by atoms with van der Waals surface area (Å²) < 4.78 is 7.71. The van der Waals surface area contributed by atoms with Crippen LogP contribution in [0.25, 0.3) is 0 Å². The molecule has 0 bridgehead atoms. The number of nitrogens with one attached hydrogen (secondary N) is 1. The molecule has 0 aliphatic heterocycles. The highest BCUT2D eigenvalue weighted by molar-refractivity contribution is 6.30. The summed E-state index contributed by atoms with van der Waals surface area (Å²) in [5.74, 6) is 1.28. The third-order valence-electron chi connectivity index (χ3n) is 3.99. The quantitative estimate of drug-likeness (QED) is 0.710. The lowest BCUT2D eigenvalue weighted by molar-refractivity contribution is 0.0954. The predicted octanol–water partition coefficient (Wildman–Crippen LogP) is 4.15. The number of aromatic nitrogens is 2. The number of hydrogen-bond acceptors (Lipinski definition) is 3. The topological polar surface area (TPSA) is 56.1 Å². The van der Waals surface area contributed by atoms with Crippen LogP contribution in [0.3, 0.4) is 0 Å². The molecular weight excluding hydrogens is 350 g/mol. The number of carbonyl (C=O) groups is 1. The van der Waals surface area contributed by atoms with Crippen LogP contribution >= 0.6 is 11.6 Å². The van der Waals surface area contributed by atoms with Gasteiger partial charge < -0.3 is 10.1 Å². The van der Waals surface area contributed by atoms with Crippen molar-refractivity contribution in [1.29, 1.82) is 0 Å². The highest BCUT2D eigenvalue weighted by Gasteiger charge is 2.16. The average molecular weight is 370 g/mol. The fourth-order valence-electron chi connectivity index (χ4n) is 2.73. The van der Waals surface area contributed by atoms with Crippen molar-refractivity contribution in [2.24, 2.45) is 7.05 Å². The van der Waals surface area contributed by atoms with Gasteiger partial charge in [-0.15, -0.1) is 0 Å². The lowest BCUT2D eigenvalue weighted by atomic mass is 10.1. The molecule has 26 heavy (non-hydrogen) atoms. The summed E-state index contributed by atoms with van der Waals surface area (Å²) in [6, 6.07) is 16.5. The summed E-state index contributed by atoms with van der Waals surface area (Å²) >= 11 is 5.93. The molecule has 0 unspecified atom stereocenters. The lowest BCUT2D eigenvalue weighted by Crippen LogP contribution is -2.25.